The van der Waals surface area contributed by atoms with Gasteiger partial charge in [-0.15, -0.1) is 11.3 Å². The van der Waals surface area contributed by atoms with E-state index in [1.165, 1.54) is 4.88 Å². The van der Waals surface area contributed by atoms with Gasteiger partial charge >= 0.3 is 0 Å². The van der Waals surface area contributed by atoms with Gasteiger partial charge in [0.05, 0.1) is 15.9 Å². The predicted octanol–water partition coefficient (Wildman–Crippen LogP) is 2.19. The molecule has 2 nitrogen and oxygen atoms in total. The molecule has 56 valence electrons. The highest BCUT2D eigenvalue weighted by atomic mass is 32.1. The molecule has 2 heterocycles. The van der Waals surface area contributed by atoms with Crippen LogP contribution in [0.15, 0.2) is 18.3 Å². The molecule has 0 saturated heterocycles. The van der Waals surface area contributed by atoms with Gasteiger partial charge in [-0.1, -0.05) is 0 Å². The van der Waals surface area contributed by atoms with E-state index in [1.807, 2.05) is 6.07 Å². The van der Waals surface area contributed by atoms with E-state index < -0.39 is 0 Å². The van der Waals surface area contributed by atoms with E-state index in [9.17, 15) is 0 Å². The van der Waals surface area contributed by atoms with Crippen molar-refractivity contribution in [1.29, 1.82) is 0 Å². The molecule has 0 unspecified atom stereocenters. The van der Waals surface area contributed by atoms with Gasteiger partial charge in [0.2, 0.25) is 0 Å². The van der Waals surface area contributed by atoms with Gasteiger partial charge in [0.1, 0.15) is 0 Å². The number of aryl methyl sites for hydroxylation is 1. The van der Waals surface area contributed by atoms with Crippen molar-refractivity contribution in [3.05, 3.63) is 23.2 Å². The maximum absolute atomic E-state index is 5.74. The van der Waals surface area contributed by atoms with Crippen LogP contribution in [0.2, 0.25) is 0 Å². The topological polar surface area (TPSA) is 38.9 Å². The molecule has 0 amide bonds. The Morgan fingerprint density at radius 1 is 1.55 bits per heavy atom. The van der Waals surface area contributed by atoms with Crippen molar-refractivity contribution in [2.75, 3.05) is 5.73 Å². The number of nitrogens with two attached hydrogens (primary N) is 1. The van der Waals surface area contributed by atoms with Gasteiger partial charge in [0.15, 0.2) is 0 Å². The van der Waals surface area contributed by atoms with Crippen LogP contribution in [0.25, 0.3) is 10.2 Å². The lowest BCUT2D eigenvalue weighted by Gasteiger charge is -1.91. The number of thiophene rings is 1. The average Bonchev–Trinajstić information content (AvgIpc) is 2.31. The Kier molecular flexibility index (Phi) is 1.32. The number of fused-ring (bicyclic) bond motifs is 1. The Balaban J connectivity index is 2.90. The first-order valence-electron chi connectivity index (χ1n) is 3.38. The van der Waals surface area contributed by atoms with Crippen LogP contribution < -0.4 is 5.73 Å². The van der Waals surface area contributed by atoms with E-state index in [4.69, 9.17) is 5.73 Å². The first-order chi connectivity index (χ1) is 5.27. The molecule has 0 aliphatic rings. The third-order valence-electron chi connectivity index (χ3n) is 1.57. The summed E-state index contributed by atoms with van der Waals surface area (Å²) in [5.74, 6) is 0. The van der Waals surface area contributed by atoms with E-state index in [0.717, 1.165) is 15.9 Å². The van der Waals surface area contributed by atoms with Crippen molar-refractivity contribution < 1.29 is 0 Å². The molecule has 2 rings (SSSR count). The first kappa shape index (κ1) is 6.61. The molecule has 2 aromatic rings. The fraction of sp³-hybridized carbons (Fsp3) is 0.125. The minimum Gasteiger partial charge on any atom is -0.397 e. The fourth-order valence-corrected chi connectivity index (χ4v) is 1.97. The monoisotopic (exact) mass is 164 g/mol. The summed E-state index contributed by atoms with van der Waals surface area (Å²) in [7, 11) is 0. The van der Waals surface area contributed by atoms with Crippen molar-refractivity contribution in [2.24, 2.45) is 0 Å². The Labute approximate surface area is 68.7 Å². The molecule has 0 aliphatic carbocycles. The molecule has 0 atom stereocenters. The maximum atomic E-state index is 5.74. The van der Waals surface area contributed by atoms with Crippen LogP contribution >= 0.6 is 11.3 Å². The van der Waals surface area contributed by atoms with E-state index in [1.54, 1.807) is 17.5 Å². The molecule has 0 bridgehead atoms. The zero-order valence-electron chi connectivity index (χ0n) is 6.16. The van der Waals surface area contributed by atoms with Crippen LogP contribution in [0.5, 0.6) is 0 Å². The van der Waals surface area contributed by atoms with Crippen molar-refractivity contribution in [2.45, 2.75) is 6.92 Å². The van der Waals surface area contributed by atoms with Gasteiger partial charge < -0.3 is 5.73 Å². The highest BCUT2D eigenvalue weighted by molar-refractivity contribution is 7.19. The minimum absolute atomic E-state index is 0.827. The van der Waals surface area contributed by atoms with Crippen LogP contribution in [0.3, 0.4) is 0 Å². The molecule has 0 saturated carbocycles. The molecule has 3 heteroatoms. The van der Waals surface area contributed by atoms with E-state index in [-0.39, 0.29) is 0 Å². The largest absolute Gasteiger partial charge is 0.397 e. The molecule has 11 heavy (non-hydrogen) atoms. The Bertz CT molecular complexity index is 392. The molecule has 0 spiro atoms. The number of anilines is 1. The first-order valence-corrected chi connectivity index (χ1v) is 4.19. The van der Waals surface area contributed by atoms with E-state index in [2.05, 4.69) is 18.0 Å². The van der Waals surface area contributed by atoms with Gasteiger partial charge in [-0.3, -0.25) is 4.98 Å². The summed E-state index contributed by atoms with van der Waals surface area (Å²) in [6, 6.07) is 3.88. The van der Waals surface area contributed by atoms with Gasteiger partial charge in [0.25, 0.3) is 0 Å². The average molecular weight is 164 g/mol. The van der Waals surface area contributed by atoms with Gasteiger partial charge in [-0.25, -0.2) is 0 Å². The summed E-state index contributed by atoms with van der Waals surface area (Å²) in [5, 5.41) is 0. The summed E-state index contributed by atoms with van der Waals surface area (Å²) >= 11 is 1.69. The van der Waals surface area contributed by atoms with Crippen molar-refractivity contribution in [1.82, 2.24) is 4.98 Å². The highest BCUT2D eigenvalue weighted by Crippen LogP contribution is 2.27. The lowest BCUT2D eigenvalue weighted by atomic mass is 10.3. The van der Waals surface area contributed by atoms with E-state index in [0.29, 0.717) is 0 Å². The number of nitrogen functional groups attached to an aromatic ring is 1. The zero-order valence-corrected chi connectivity index (χ0v) is 6.98. The molecular formula is C8H8N2S. The van der Waals surface area contributed by atoms with Crippen LogP contribution in [0.4, 0.5) is 5.69 Å². The molecule has 0 aromatic carbocycles. The SMILES string of the molecule is Cc1cc2nccc(N)c2s1. The lowest BCUT2D eigenvalue weighted by Crippen LogP contribution is -1.83. The Hall–Kier alpha value is -1.09. The molecular weight excluding hydrogens is 156 g/mol. The van der Waals surface area contributed by atoms with Crippen molar-refractivity contribution >= 4 is 27.2 Å². The zero-order chi connectivity index (χ0) is 7.84. The number of nitrogens with zero attached hydrogens (tertiary/aromatic N) is 1. The smallest absolute Gasteiger partial charge is 0.0833 e. The minimum atomic E-state index is 0.827. The van der Waals surface area contributed by atoms with Crippen molar-refractivity contribution in [3.63, 3.8) is 0 Å². The van der Waals surface area contributed by atoms with Crippen LogP contribution in [0.1, 0.15) is 4.88 Å². The highest BCUT2D eigenvalue weighted by Gasteiger charge is 2.00. The van der Waals surface area contributed by atoms with Crippen LogP contribution in [-0.2, 0) is 0 Å². The van der Waals surface area contributed by atoms with E-state index >= 15 is 0 Å². The summed E-state index contributed by atoms with van der Waals surface area (Å²) in [4.78, 5) is 5.45. The Morgan fingerprint density at radius 2 is 2.36 bits per heavy atom. The molecule has 0 radical (unpaired) electrons. The molecule has 0 aliphatic heterocycles. The number of aromatic nitrogens is 1. The fourth-order valence-electron chi connectivity index (χ4n) is 1.08. The number of pyridine rings is 1. The second-order valence-electron chi connectivity index (χ2n) is 2.47. The predicted molar refractivity (Wildman–Crippen MR) is 48.8 cm³/mol. The summed E-state index contributed by atoms with van der Waals surface area (Å²) in [6.45, 7) is 2.06. The third-order valence-corrected chi connectivity index (χ3v) is 2.65. The summed E-state index contributed by atoms with van der Waals surface area (Å²) in [5.41, 5.74) is 7.57. The maximum Gasteiger partial charge on any atom is 0.0833 e. The van der Waals surface area contributed by atoms with Crippen molar-refractivity contribution in [3.8, 4) is 0 Å². The third kappa shape index (κ3) is 0.973. The lowest BCUT2D eigenvalue weighted by molar-refractivity contribution is 1.42. The second-order valence-corrected chi connectivity index (χ2v) is 3.73. The second kappa shape index (κ2) is 2.20. The quantitative estimate of drug-likeness (QED) is 0.648. The van der Waals surface area contributed by atoms with Gasteiger partial charge in [-0.05, 0) is 19.1 Å². The number of hydrogen-bond acceptors (Lipinski definition) is 3. The number of rotatable bonds is 0. The molecule has 2 aromatic heterocycles. The van der Waals surface area contributed by atoms with Crippen LogP contribution in [0, 0.1) is 6.92 Å². The summed E-state index contributed by atoms with van der Waals surface area (Å²) < 4.78 is 1.10. The summed E-state index contributed by atoms with van der Waals surface area (Å²) in [6.07, 6.45) is 1.74. The molecule has 0 fully saturated rings. The van der Waals surface area contributed by atoms with Gasteiger partial charge in [0, 0.05) is 11.1 Å². The van der Waals surface area contributed by atoms with Gasteiger partial charge in [-0.2, -0.15) is 0 Å². The number of hydrogen-bond donors (Lipinski definition) is 1. The normalized spacial score (nSPS) is 10.6. The standard InChI is InChI=1S/C8H8N2S/c1-5-4-7-8(11-5)6(9)2-3-10-7/h2-4H,1H3,(H2,9,10). The molecule has 2 N–H and O–H groups in total. The Morgan fingerprint density at radius 3 is 3.09 bits per heavy atom. The van der Waals surface area contributed by atoms with Crippen LogP contribution in [-0.4, -0.2) is 4.98 Å².